The Morgan fingerprint density at radius 1 is 1.13 bits per heavy atom. The van der Waals surface area contributed by atoms with Crippen molar-refractivity contribution in [3.05, 3.63) is 65.9 Å². The number of aromatic nitrogens is 4. The number of pyridine rings is 1. The van der Waals surface area contributed by atoms with Gasteiger partial charge in [0.2, 0.25) is 0 Å². The molecule has 30 heavy (non-hydrogen) atoms. The molecule has 1 atom stereocenters. The molecule has 8 heteroatoms. The minimum atomic E-state index is 0. The third kappa shape index (κ3) is 3.93. The Hall–Kier alpha value is -2.83. The third-order valence-electron chi connectivity index (χ3n) is 5.32. The van der Waals surface area contributed by atoms with Crippen molar-refractivity contribution in [3.8, 4) is 11.3 Å². The highest BCUT2D eigenvalue weighted by atomic mass is 35.5. The lowest BCUT2D eigenvalue weighted by Crippen LogP contribution is -2.27. The first kappa shape index (κ1) is 20.4. The van der Waals surface area contributed by atoms with E-state index in [-0.39, 0.29) is 12.4 Å². The van der Waals surface area contributed by atoms with Crippen LogP contribution in [0.3, 0.4) is 0 Å². The summed E-state index contributed by atoms with van der Waals surface area (Å²) in [6.07, 6.45) is 6.00. The molecular weight excluding hydrogens is 419 g/mol. The zero-order valence-electron chi connectivity index (χ0n) is 16.5. The van der Waals surface area contributed by atoms with Gasteiger partial charge < -0.3 is 10.2 Å². The predicted molar refractivity (Wildman–Crippen MR) is 124 cm³/mol. The van der Waals surface area contributed by atoms with Crippen LogP contribution < -0.4 is 10.2 Å². The third-order valence-corrected chi connectivity index (χ3v) is 5.56. The number of nitrogens with zero attached hydrogens (tertiary/aromatic N) is 5. The first-order valence-electron chi connectivity index (χ1n) is 9.78. The van der Waals surface area contributed by atoms with Crippen LogP contribution in [-0.2, 0) is 0 Å². The molecule has 0 aliphatic carbocycles. The molecule has 6 nitrogen and oxygen atoms in total. The maximum absolute atomic E-state index is 6.18. The Kier molecular flexibility index (Phi) is 5.79. The molecule has 3 aromatic heterocycles. The molecule has 1 aliphatic rings. The molecule has 0 unspecified atom stereocenters. The molecule has 5 rings (SSSR count). The standard InChI is InChI=1S/C22H21ClN6.ClH/c1-15-5-4-11-28(15)21-9-3-8-20(26-21)25-19-14-18(16-6-2-7-17(23)13-16)27-29-12-10-24-22(19)29;/h2-3,6-10,12-15H,4-5,11H2,1H3,(H,25,26);1H/t15-;/m0./s1. The summed E-state index contributed by atoms with van der Waals surface area (Å²) in [4.78, 5) is 11.7. The van der Waals surface area contributed by atoms with Crippen LogP contribution in [0.5, 0.6) is 0 Å². The Morgan fingerprint density at radius 3 is 2.80 bits per heavy atom. The minimum absolute atomic E-state index is 0. The molecular formula is C22H22Cl2N6. The van der Waals surface area contributed by atoms with E-state index in [1.165, 1.54) is 12.8 Å². The molecule has 0 amide bonds. The van der Waals surface area contributed by atoms with E-state index in [4.69, 9.17) is 16.6 Å². The highest BCUT2D eigenvalue weighted by molar-refractivity contribution is 6.30. The monoisotopic (exact) mass is 440 g/mol. The molecule has 0 bridgehead atoms. The number of fused-ring (bicyclic) bond motifs is 1. The number of hydrogen-bond acceptors (Lipinski definition) is 5. The quantitative estimate of drug-likeness (QED) is 0.447. The van der Waals surface area contributed by atoms with E-state index in [9.17, 15) is 0 Å². The maximum atomic E-state index is 6.18. The number of imidazole rings is 1. The normalized spacial score (nSPS) is 15.9. The van der Waals surface area contributed by atoms with E-state index in [0.717, 1.165) is 40.8 Å². The molecule has 0 saturated carbocycles. The van der Waals surface area contributed by atoms with Gasteiger partial charge in [0.1, 0.15) is 11.6 Å². The van der Waals surface area contributed by atoms with Crippen LogP contribution >= 0.6 is 24.0 Å². The lowest BCUT2D eigenvalue weighted by molar-refractivity contribution is 0.727. The average molecular weight is 441 g/mol. The second-order valence-electron chi connectivity index (χ2n) is 7.34. The number of hydrogen-bond donors (Lipinski definition) is 1. The van der Waals surface area contributed by atoms with Gasteiger partial charge in [0.05, 0.1) is 11.4 Å². The van der Waals surface area contributed by atoms with Crippen molar-refractivity contribution >= 4 is 47.0 Å². The summed E-state index contributed by atoms with van der Waals surface area (Å²) >= 11 is 6.18. The fraction of sp³-hybridized carbons (Fsp3) is 0.227. The molecule has 4 aromatic rings. The highest BCUT2D eigenvalue weighted by Gasteiger charge is 2.21. The minimum Gasteiger partial charge on any atom is -0.354 e. The fourth-order valence-corrected chi connectivity index (χ4v) is 4.05. The Labute approximate surface area is 186 Å². The van der Waals surface area contributed by atoms with Crippen molar-refractivity contribution in [1.82, 2.24) is 19.6 Å². The Bertz CT molecular complexity index is 1180. The molecule has 4 heterocycles. The molecule has 0 spiro atoms. The van der Waals surface area contributed by atoms with Gasteiger partial charge in [-0.05, 0) is 50.1 Å². The summed E-state index contributed by atoms with van der Waals surface area (Å²) < 4.78 is 1.77. The van der Waals surface area contributed by atoms with Gasteiger partial charge in [-0.25, -0.2) is 14.5 Å². The molecule has 0 radical (unpaired) electrons. The summed E-state index contributed by atoms with van der Waals surface area (Å²) in [5.41, 5.74) is 3.35. The SMILES string of the molecule is C[C@H]1CCCN1c1cccc(Nc2cc(-c3cccc(Cl)c3)nn3ccnc23)n1.Cl. The van der Waals surface area contributed by atoms with Gasteiger partial charge in [-0.15, -0.1) is 12.4 Å². The first-order valence-corrected chi connectivity index (χ1v) is 10.2. The fourth-order valence-electron chi connectivity index (χ4n) is 3.86. The molecule has 1 aromatic carbocycles. The summed E-state index contributed by atoms with van der Waals surface area (Å²) in [5, 5.41) is 8.79. The molecule has 154 valence electrons. The number of benzene rings is 1. The van der Waals surface area contributed by atoms with Crippen molar-refractivity contribution in [2.75, 3.05) is 16.8 Å². The number of rotatable bonds is 4. The molecule has 1 N–H and O–H groups in total. The molecule has 1 aliphatic heterocycles. The van der Waals surface area contributed by atoms with Crippen LogP contribution in [0.15, 0.2) is 60.9 Å². The summed E-state index contributed by atoms with van der Waals surface area (Å²) in [5.74, 6) is 1.79. The number of anilines is 3. The van der Waals surface area contributed by atoms with Crippen LogP contribution in [0.25, 0.3) is 16.9 Å². The molecule has 1 saturated heterocycles. The van der Waals surface area contributed by atoms with Gasteiger partial charge in [-0.1, -0.05) is 29.8 Å². The van der Waals surface area contributed by atoms with E-state index in [0.29, 0.717) is 11.1 Å². The second-order valence-corrected chi connectivity index (χ2v) is 7.78. The Morgan fingerprint density at radius 2 is 2.00 bits per heavy atom. The predicted octanol–water partition coefficient (Wildman–Crippen LogP) is 5.60. The van der Waals surface area contributed by atoms with E-state index >= 15 is 0 Å². The topological polar surface area (TPSA) is 58.4 Å². The van der Waals surface area contributed by atoms with Crippen molar-refractivity contribution < 1.29 is 0 Å². The van der Waals surface area contributed by atoms with Crippen LogP contribution in [0, 0.1) is 0 Å². The zero-order valence-corrected chi connectivity index (χ0v) is 18.1. The van der Waals surface area contributed by atoms with Crippen LogP contribution in [-0.4, -0.2) is 32.2 Å². The van der Waals surface area contributed by atoms with Crippen LogP contribution in [0.1, 0.15) is 19.8 Å². The van der Waals surface area contributed by atoms with Gasteiger partial charge >= 0.3 is 0 Å². The van der Waals surface area contributed by atoms with Crippen molar-refractivity contribution in [2.45, 2.75) is 25.8 Å². The van der Waals surface area contributed by atoms with E-state index in [2.05, 4.69) is 33.3 Å². The lowest BCUT2D eigenvalue weighted by atomic mass is 10.1. The number of nitrogens with one attached hydrogen (secondary N) is 1. The highest BCUT2D eigenvalue weighted by Crippen LogP contribution is 2.29. The van der Waals surface area contributed by atoms with Crippen LogP contribution in [0.4, 0.5) is 17.3 Å². The van der Waals surface area contributed by atoms with E-state index in [1.807, 2.05) is 48.7 Å². The van der Waals surface area contributed by atoms with Gasteiger partial charge in [0, 0.05) is 35.6 Å². The van der Waals surface area contributed by atoms with Gasteiger partial charge in [-0.3, -0.25) is 0 Å². The summed E-state index contributed by atoms with van der Waals surface area (Å²) in [6, 6.07) is 16.3. The van der Waals surface area contributed by atoms with Crippen molar-refractivity contribution in [3.63, 3.8) is 0 Å². The van der Waals surface area contributed by atoms with E-state index in [1.54, 1.807) is 10.7 Å². The lowest BCUT2D eigenvalue weighted by Gasteiger charge is -2.23. The molecule has 1 fully saturated rings. The van der Waals surface area contributed by atoms with Crippen molar-refractivity contribution in [1.29, 1.82) is 0 Å². The smallest absolute Gasteiger partial charge is 0.177 e. The number of halogens is 2. The largest absolute Gasteiger partial charge is 0.354 e. The second kappa shape index (κ2) is 8.50. The summed E-state index contributed by atoms with van der Waals surface area (Å²) in [6.45, 7) is 3.30. The zero-order chi connectivity index (χ0) is 19.8. The Balaban J connectivity index is 0.00000218. The first-order chi connectivity index (χ1) is 14.2. The van der Waals surface area contributed by atoms with Crippen molar-refractivity contribution in [2.24, 2.45) is 0 Å². The maximum Gasteiger partial charge on any atom is 0.177 e. The van der Waals surface area contributed by atoms with Crippen LogP contribution in [0.2, 0.25) is 5.02 Å². The summed E-state index contributed by atoms with van der Waals surface area (Å²) in [7, 11) is 0. The van der Waals surface area contributed by atoms with Gasteiger partial charge in [0.15, 0.2) is 5.65 Å². The van der Waals surface area contributed by atoms with E-state index < -0.39 is 0 Å². The average Bonchev–Trinajstić information content (AvgIpc) is 3.37. The van der Waals surface area contributed by atoms with Gasteiger partial charge in [0.25, 0.3) is 0 Å². The van der Waals surface area contributed by atoms with Gasteiger partial charge in [-0.2, -0.15) is 5.10 Å².